The Hall–Kier alpha value is -0.770. The van der Waals surface area contributed by atoms with E-state index in [-0.39, 0.29) is 12.3 Å². The van der Waals surface area contributed by atoms with Gasteiger partial charge in [-0.2, -0.15) is 0 Å². The molecule has 0 amide bonds. The Kier molecular flexibility index (Phi) is 6.89. The van der Waals surface area contributed by atoms with Crippen LogP contribution in [0.15, 0.2) is 35.8 Å². The van der Waals surface area contributed by atoms with Crippen molar-refractivity contribution in [2.45, 2.75) is 75.8 Å². The van der Waals surface area contributed by atoms with Crippen molar-refractivity contribution in [2.75, 3.05) is 26.2 Å². The number of piperidine rings is 1. The second-order valence-electron chi connectivity index (χ2n) is 9.56. The highest BCUT2D eigenvalue weighted by Crippen LogP contribution is 2.39. The van der Waals surface area contributed by atoms with Crippen molar-refractivity contribution in [3.63, 3.8) is 0 Å². The summed E-state index contributed by atoms with van der Waals surface area (Å²) in [6.07, 6.45) is 20.3. The van der Waals surface area contributed by atoms with E-state index < -0.39 is 0 Å². The Balaban J connectivity index is 1.02. The number of dihydropyridines is 1. The molecule has 0 spiro atoms. The van der Waals surface area contributed by atoms with Crippen molar-refractivity contribution in [3.05, 3.63) is 35.8 Å². The molecule has 6 nitrogen and oxygen atoms in total. The van der Waals surface area contributed by atoms with E-state index in [0.29, 0.717) is 6.04 Å². The molecule has 7 heteroatoms. The molecule has 2 aliphatic carbocycles. The van der Waals surface area contributed by atoms with Gasteiger partial charge in [-0.1, -0.05) is 18.9 Å². The molecule has 2 saturated carbocycles. The minimum absolute atomic E-state index is 0.199. The summed E-state index contributed by atoms with van der Waals surface area (Å²) in [5.41, 5.74) is 2.64. The SMILES string of the molecule is IN1C=C(C2CC2)NC1C1=CC=CC(NCCNC2CCCN(C3CCCC3)C2)N1. The first-order chi connectivity index (χ1) is 14.8. The molecule has 1 saturated heterocycles. The van der Waals surface area contributed by atoms with E-state index in [9.17, 15) is 0 Å². The average molecular weight is 524 g/mol. The van der Waals surface area contributed by atoms with Crippen molar-refractivity contribution >= 4 is 22.9 Å². The van der Waals surface area contributed by atoms with Gasteiger partial charge in [-0.15, -0.1) is 0 Å². The fourth-order valence-corrected chi connectivity index (χ4v) is 6.15. The number of rotatable bonds is 8. The number of allylic oxidation sites excluding steroid dienone is 3. The lowest BCUT2D eigenvalue weighted by molar-refractivity contribution is 0.139. The molecule has 5 rings (SSSR count). The zero-order valence-corrected chi connectivity index (χ0v) is 20.1. The summed E-state index contributed by atoms with van der Waals surface area (Å²) < 4.78 is 2.27. The Morgan fingerprint density at radius 1 is 0.967 bits per heavy atom. The van der Waals surface area contributed by atoms with E-state index in [0.717, 1.165) is 25.0 Å². The molecule has 0 bridgehead atoms. The first-order valence-corrected chi connectivity index (χ1v) is 13.0. The molecular formula is C23H37IN6. The van der Waals surface area contributed by atoms with E-state index in [4.69, 9.17) is 0 Å². The van der Waals surface area contributed by atoms with Crippen molar-refractivity contribution in [3.8, 4) is 0 Å². The van der Waals surface area contributed by atoms with Gasteiger partial charge in [0.25, 0.3) is 0 Å². The minimum atomic E-state index is 0.199. The molecule has 3 fully saturated rings. The molecule has 3 unspecified atom stereocenters. The predicted molar refractivity (Wildman–Crippen MR) is 131 cm³/mol. The van der Waals surface area contributed by atoms with Gasteiger partial charge in [-0.05, 0) is 57.2 Å². The van der Waals surface area contributed by atoms with Gasteiger partial charge in [0.2, 0.25) is 0 Å². The summed E-state index contributed by atoms with van der Waals surface area (Å²) in [4.78, 5) is 2.76. The van der Waals surface area contributed by atoms with Gasteiger partial charge < -0.3 is 16.0 Å². The number of likely N-dealkylation sites (tertiary alicyclic amines) is 1. The maximum atomic E-state index is 3.81. The monoisotopic (exact) mass is 524 g/mol. The van der Waals surface area contributed by atoms with Crippen LogP contribution in [0, 0.1) is 5.92 Å². The molecule has 3 atom stereocenters. The molecule has 0 aromatic carbocycles. The van der Waals surface area contributed by atoms with E-state index in [1.165, 1.54) is 75.9 Å². The summed E-state index contributed by atoms with van der Waals surface area (Å²) in [5.74, 6) is 0.761. The van der Waals surface area contributed by atoms with Gasteiger partial charge in [-0.3, -0.25) is 13.3 Å². The molecule has 0 aromatic heterocycles. The van der Waals surface area contributed by atoms with E-state index in [1.807, 2.05) is 0 Å². The normalized spacial score (nSPS) is 32.7. The third-order valence-electron chi connectivity index (χ3n) is 7.24. The summed E-state index contributed by atoms with van der Waals surface area (Å²) in [7, 11) is 0. The topological polar surface area (TPSA) is 54.6 Å². The van der Waals surface area contributed by atoms with Crippen LogP contribution in [0.4, 0.5) is 0 Å². The third kappa shape index (κ3) is 5.16. The molecule has 30 heavy (non-hydrogen) atoms. The summed E-state index contributed by atoms with van der Waals surface area (Å²) >= 11 is 2.41. The van der Waals surface area contributed by atoms with E-state index in [2.05, 4.69) is 76.6 Å². The van der Waals surface area contributed by atoms with Gasteiger partial charge in [0.05, 0.1) is 34.7 Å². The number of halogens is 1. The summed E-state index contributed by atoms with van der Waals surface area (Å²) in [6.45, 7) is 4.57. The third-order valence-corrected chi connectivity index (χ3v) is 8.08. The van der Waals surface area contributed by atoms with Crippen molar-refractivity contribution < 1.29 is 0 Å². The van der Waals surface area contributed by atoms with Crippen molar-refractivity contribution in [2.24, 2.45) is 5.92 Å². The highest BCUT2D eigenvalue weighted by Gasteiger charge is 2.35. The van der Waals surface area contributed by atoms with Gasteiger partial charge in [-0.25, -0.2) is 0 Å². The van der Waals surface area contributed by atoms with Crippen LogP contribution in [0.5, 0.6) is 0 Å². The number of hydrogen-bond donors (Lipinski definition) is 4. The predicted octanol–water partition coefficient (Wildman–Crippen LogP) is 2.77. The number of nitrogens with zero attached hydrogens (tertiary/aromatic N) is 2. The average Bonchev–Trinajstić information content (AvgIpc) is 3.32. The molecule has 3 heterocycles. The largest absolute Gasteiger partial charge is 0.367 e. The maximum Gasteiger partial charge on any atom is 0.148 e. The zero-order valence-electron chi connectivity index (χ0n) is 18.0. The number of nitrogens with one attached hydrogen (secondary N) is 4. The number of hydrogen-bond acceptors (Lipinski definition) is 6. The second-order valence-corrected chi connectivity index (χ2v) is 10.7. The molecule has 3 aliphatic heterocycles. The molecule has 0 aromatic rings. The lowest BCUT2D eigenvalue weighted by atomic mass is 10.0. The van der Waals surface area contributed by atoms with Crippen LogP contribution in [-0.4, -0.2) is 58.6 Å². The smallest absolute Gasteiger partial charge is 0.148 e. The van der Waals surface area contributed by atoms with Gasteiger partial charge in [0.15, 0.2) is 0 Å². The minimum Gasteiger partial charge on any atom is -0.367 e. The van der Waals surface area contributed by atoms with Gasteiger partial charge in [0.1, 0.15) is 6.17 Å². The highest BCUT2D eigenvalue weighted by atomic mass is 127. The van der Waals surface area contributed by atoms with Gasteiger partial charge >= 0.3 is 0 Å². The maximum absolute atomic E-state index is 3.81. The zero-order chi connectivity index (χ0) is 20.3. The van der Waals surface area contributed by atoms with Crippen molar-refractivity contribution in [1.29, 1.82) is 0 Å². The standard InChI is InChI=1S/C23H37IN6/c24-30-16-21(17-10-11-17)28-23(30)20-8-3-9-22(27-20)26-13-12-25-18-5-4-14-29(15-18)19-6-1-2-7-19/h3,8-9,16-19,22-23,25-28H,1-2,4-7,10-15H2. The van der Waals surface area contributed by atoms with E-state index in [1.54, 1.807) is 0 Å². The summed E-state index contributed by atoms with van der Waals surface area (Å²) in [5, 5.41) is 14.8. The van der Waals surface area contributed by atoms with Crippen LogP contribution < -0.4 is 21.3 Å². The van der Waals surface area contributed by atoms with Crippen LogP contribution in [-0.2, 0) is 0 Å². The molecule has 166 valence electrons. The Morgan fingerprint density at radius 3 is 2.63 bits per heavy atom. The fourth-order valence-electron chi connectivity index (χ4n) is 5.41. The highest BCUT2D eigenvalue weighted by molar-refractivity contribution is 14.1. The Bertz CT molecular complexity index is 681. The first kappa shape index (κ1) is 21.1. The molecule has 5 aliphatic rings. The van der Waals surface area contributed by atoms with Crippen LogP contribution in [0.2, 0.25) is 0 Å². The van der Waals surface area contributed by atoms with Crippen LogP contribution >= 0.6 is 22.9 Å². The van der Waals surface area contributed by atoms with Gasteiger partial charge in [0, 0.05) is 49.5 Å². The van der Waals surface area contributed by atoms with Crippen LogP contribution in [0.3, 0.4) is 0 Å². The van der Waals surface area contributed by atoms with Crippen LogP contribution in [0.1, 0.15) is 51.4 Å². The fraction of sp³-hybridized carbons (Fsp3) is 0.739. The molecule has 0 radical (unpaired) electrons. The molecule has 4 N–H and O–H groups in total. The quantitative estimate of drug-likeness (QED) is 0.223. The lowest BCUT2D eigenvalue weighted by Gasteiger charge is -2.37. The molecular weight excluding hydrogens is 487 g/mol. The Morgan fingerprint density at radius 2 is 1.80 bits per heavy atom. The second kappa shape index (κ2) is 9.79. The summed E-state index contributed by atoms with van der Waals surface area (Å²) in [6, 6.07) is 1.53. The lowest BCUT2D eigenvalue weighted by Crippen LogP contribution is -2.52. The van der Waals surface area contributed by atoms with Crippen LogP contribution in [0.25, 0.3) is 0 Å². The van der Waals surface area contributed by atoms with E-state index >= 15 is 0 Å². The van der Waals surface area contributed by atoms with Crippen molar-refractivity contribution in [1.82, 2.24) is 29.3 Å². The first-order valence-electron chi connectivity index (χ1n) is 12.0. The Labute approximate surface area is 195 Å².